The van der Waals surface area contributed by atoms with Gasteiger partial charge in [-0.1, -0.05) is 55.9 Å². The number of carbonyl (C=O) groups excluding carboxylic acids is 1. The lowest BCUT2D eigenvalue weighted by atomic mass is 10.0. The van der Waals surface area contributed by atoms with E-state index in [1.807, 2.05) is 36.4 Å². The Morgan fingerprint density at radius 3 is 2.41 bits per heavy atom. The van der Waals surface area contributed by atoms with Crippen LogP contribution in [0, 0.1) is 0 Å². The molecule has 0 aliphatic carbocycles. The number of anilines is 1. The van der Waals surface area contributed by atoms with E-state index in [-0.39, 0.29) is 17.2 Å². The summed E-state index contributed by atoms with van der Waals surface area (Å²) in [6.07, 6.45) is 1.72. The van der Waals surface area contributed by atoms with Crippen LogP contribution >= 0.6 is 11.8 Å². The molecule has 0 saturated carbocycles. The van der Waals surface area contributed by atoms with Crippen LogP contribution in [0.25, 0.3) is 10.9 Å². The molecule has 5 nitrogen and oxygen atoms in total. The van der Waals surface area contributed by atoms with Gasteiger partial charge >= 0.3 is 0 Å². The number of aryl methyl sites for hydroxylation is 2. The average Bonchev–Trinajstić information content (AvgIpc) is 2.69. The molecule has 0 aliphatic heterocycles. The highest BCUT2D eigenvalue weighted by Gasteiger charge is 2.13. The minimum atomic E-state index is -0.104. The zero-order valence-corrected chi connectivity index (χ0v) is 16.6. The van der Waals surface area contributed by atoms with Gasteiger partial charge in [-0.3, -0.25) is 14.2 Å². The number of carbonyl (C=O) groups is 1. The molecule has 0 spiro atoms. The molecule has 27 heavy (non-hydrogen) atoms. The van der Waals surface area contributed by atoms with E-state index in [0.29, 0.717) is 16.1 Å². The maximum absolute atomic E-state index is 12.5. The topological polar surface area (TPSA) is 64.0 Å². The summed E-state index contributed by atoms with van der Waals surface area (Å²) in [6.45, 7) is 4.15. The van der Waals surface area contributed by atoms with Crippen molar-refractivity contribution >= 4 is 34.3 Å². The van der Waals surface area contributed by atoms with Crippen molar-refractivity contribution in [1.29, 1.82) is 0 Å². The predicted octanol–water partition coefficient (Wildman–Crippen LogP) is 3.79. The van der Waals surface area contributed by atoms with Crippen LogP contribution in [-0.4, -0.2) is 21.2 Å². The zero-order valence-electron chi connectivity index (χ0n) is 15.8. The van der Waals surface area contributed by atoms with E-state index in [1.54, 1.807) is 13.1 Å². The van der Waals surface area contributed by atoms with Crippen molar-refractivity contribution in [3.8, 4) is 0 Å². The van der Waals surface area contributed by atoms with Crippen LogP contribution < -0.4 is 10.9 Å². The number of benzene rings is 2. The molecule has 0 fully saturated rings. The van der Waals surface area contributed by atoms with Crippen molar-refractivity contribution in [1.82, 2.24) is 9.55 Å². The third-order valence-electron chi connectivity index (χ3n) is 4.54. The summed E-state index contributed by atoms with van der Waals surface area (Å²) in [7, 11) is 1.68. The number of thioether (sulfide) groups is 1. The Balaban J connectivity index is 1.78. The largest absolute Gasteiger partial charge is 0.325 e. The molecule has 1 amide bonds. The smallest absolute Gasteiger partial charge is 0.261 e. The molecular formula is C21H23N3O2S. The minimum absolute atomic E-state index is 0.0991. The Hall–Kier alpha value is -2.60. The van der Waals surface area contributed by atoms with E-state index >= 15 is 0 Å². The van der Waals surface area contributed by atoms with Crippen molar-refractivity contribution in [2.45, 2.75) is 31.8 Å². The van der Waals surface area contributed by atoms with E-state index in [0.717, 1.165) is 29.7 Å². The quantitative estimate of drug-likeness (QED) is 0.521. The van der Waals surface area contributed by atoms with Gasteiger partial charge in [-0.05, 0) is 36.1 Å². The van der Waals surface area contributed by atoms with E-state index < -0.39 is 0 Å². The van der Waals surface area contributed by atoms with Crippen LogP contribution in [0.5, 0.6) is 0 Å². The lowest BCUT2D eigenvalue weighted by molar-refractivity contribution is -0.113. The summed E-state index contributed by atoms with van der Waals surface area (Å²) < 4.78 is 1.50. The van der Waals surface area contributed by atoms with Crippen molar-refractivity contribution in [3.05, 3.63) is 63.9 Å². The molecule has 140 valence electrons. The van der Waals surface area contributed by atoms with E-state index in [1.165, 1.54) is 16.3 Å². The van der Waals surface area contributed by atoms with Gasteiger partial charge in [0, 0.05) is 12.7 Å². The van der Waals surface area contributed by atoms with E-state index in [2.05, 4.69) is 24.1 Å². The summed E-state index contributed by atoms with van der Waals surface area (Å²) in [4.78, 5) is 29.5. The van der Waals surface area contributed by atoms with Gasteiger partial charge in [0.25, 0.3) is 5.56 Å². The molecular weight excluding hydrogens is 358 g/mol. The van der Waals surface area contributed by atoms with Gasteiger partial charge in [0.05, 0.1) is 16.7 Å². The highest BCUT2D eigenvalue weighted by Crippen LogP contribution is 2.23. The molecule has 0 saturated heterocycles. The first-order valence-corrected chi connectivity index (χ1v) is 10.0. The zero-order chi connectivity index (χ0) is 19.4. The number of hydrogen-bond acceptors (Lipinski definition) is 4. The molecule has 0 atom stereocenters. The summed E-state index contributed by atoms with van der Waals surface area (Å²) in [5, 5.41) is 4.16. The Morgan fingerprint density at radius 2 is 1.74 bits per heavy atom. The average molecular weight is 382 g/mol. The lowest BCUT2D eigenvalue weighted by Gasteiger charge is -2.14. The van der Waals surface area contributed by atoms with Crippen LogP contribution in [-0.2, 0) is 24.7 Å². The van der Waals surface area contributed by atoms with Gasteiger partial charge in [0.1, 0.15) is 0 Å². The fourth-order valence-electron chi connectivity index (χ4n) is 3.04. The number of nitrogens with one attached hydrogen (secondary N) is 1. The second-order valence-electron chi connectivity index (χ2n) is 6.27. The molecule has 0 bridgehead atoms. The van der Waals surface area contributed by atoms with Gasteiger partial charge in [-0.15, -0.1) is 0 Å². The summed E-state index contributed by atoms with van der Waals surface area (Å²) in [5.41, 5.74) is 3.71. The van der Waals surface area contributed by atoms with E-state index in [9.17, 15) is 9.59 Å². The van der Waals surface area contributed by atoms with Gasteiger partial charge < -0.3 is 5.32 Å². The highest BCUT2D eigenvalue weighted by atomic mass is 32.2. The van der Waals surface area contributed by atoms with Crippen LogP contribution in [0.3, 0.4) is 0 Å². The molecule has 1 heterocycles. The van der Waals surface area contributed by atoms with Crippen LogP contribution in [0.2, 0.25) is 0 Å². The molecule has 6 heteroatoms. The molecule has 3 aromatic rings. The highest BCUT2D eigenvalue weighted by molar-refractivity contribution is 7.99. The number of fused-ring (bicyclic) bond motifs is 1. The number of amides is 1. The number of rotatable bonds is 6. The second kappa shape index (κ2) is 8.39. The van der Waals surface area contributed by atoms with Crippen LogP contribution in [0.15, 0.2) is 52.4 Å². The third kappa shape index (κ3) is 4.06. The summed E-state index contributed by atoms with van der Waals surface area (Å²) in [5.74, 6) is 0.0952. The van der Waals surface area contributed by atoms with Crippen LogP contribution in [0.4, 0.5) is 5.69 Å². The first-order valence-electron chi connectivity index (χ1n) is 9.04. The van der Waals surface area contributed by atoms with Crippen molar-refractivity contribution in [2.75, 3.05) is 11.1 Å². The molecule has 1 aromatic heterocycles. The lowest BCUT2D eigenvalue weighted by Crippen LogP contribution is -2.21. The third-order valence-corrected chi connectivity index (χ3v) is 5.57. The van der Waals surface area contributed by atoms with Gasteiger partial charge in [0.15, 0.2) is 5.16 Å². The van der Waals surface area contributed by atoms with Crippen molar-refractivity contribution in [3.63, 3.8) is 0 Å². The monoisotopic (exact) mass is 381 g/mol. The van der Waals surface area contributed by atoms with E-state index in [4.69, 9.17) is 0 Å². The Labute approximate surface area is 162 Å². The minimum Gasteiger partial charge on any atom is -0.325 e. The SMILES string of the molecule is CCc1cccc(CC)c1NC(=O)CSc1nc2ccccc2c(=O)n1C. The Bertz CT molecular complexity index is 1020. The number of aromatic nitrogens is 2. The van der Waals surface area contributed by atoms with Crippen LogP contribution in [0.1, 0.15) is 25.0 Å². The summed E-state index contributed by atoms with van der Waals surface area (Å²) >= 11 is 1.27. The first kappa shape index (κ1) is 19.2. The van der Waals surface area contributed by atoms with Crippen molar-refractivity contribution in [2.24, 2.45) is 7.05 Å². The summed E-state index contributed by atoms with van der Waals surface area (Å²) in [6, 6.07) is 13.3. The maximum atomic E-state index is 12.5. The number of nitrogens with zero attached hydrogens (tertiary/aromatic N) is 2. The van der Waals surface area contributed by atoms with Crippen molar-refractivity contribution < 1.29 is 4.79 Å². The normalized spacial score (nSPS) is 10.9. The first-order chi connectivity index (χ1) is 13.0. The molecule has 0 unspecified atom stereocenters. The standard InChI is InChI=1S/C21H23N3O2S/c1-4-14-9-8-10-15(5-2)19(14)23-18(25)13-27-21-22-17-12-7-6-11-16(17)20(26)24(21)3/h6-12H,4-5,13H2,1-3H3,(H,23,25). The molecule has 1 N–H and O–H groups in total. The fraction of sp³-hybridized carbons (Fsp3) is 0.286. The molecule has 2 aromatic carbocycles. The second-order valence-corrected chi connectivity index (χ2v) is 7.21. The van der Waals surface area contributed by atoms with Gasteiger partial charge in [-0.25, -0.2) is 4.98 Å². The Morgan fingerprint density at radius 1 is 1.07 bits per heavy atom. The Kier molecular flexibility index (Phi) is 5.96. The number of para-hydroxylation sites is 2. The molecule has 0 radical (unpaired) electrons. The fourth-order valence-corrected chi connectivity index (χ4v) is 3.81. The van der Waals surface area contributed by atoms with Gasteiger partial charge in [-0.2, -0.15) is 0 Å². The predicted molar refractivity (Wildman–Crippen MR) is 112 cm³/mol. The molecule has 0 aliphatic rings. The maximum Gasteiger partial charge on any atom is 0.261 e. The van der Waals surface area contributed by atoms with Gasteiger partial charge in [0.2, 0.25) is 5.91 Å². The number of hydrogen-bond donors (Lipinski definition) is 1. The molecule has 3 rings (SSSR count).